The van der Waals surface area contributed by atoms with Crippen LogP contribution in [0.4, 0.5) is 4.39 Å². The van der Waals surface area contributed by atoms with Crippen LogP contribution in [0.15, 0.2) is 28.7 Å². The second-order valence-corrected chi connectivity index (χ2v) is 5.80. The van der Waals surface area contributed by atoms with Crippen LogP contribution in [0.3, 0.4) is 0 Å². The first-order valence-corrected chi connectivity index (χ1v) is 7.69. The predicted octanol–water partition coefficient (Wildman–Crippen LogP) is 4.80. The van der Waals surface area contributed by atoms with E-state index in [2.05, 4.69) is 12.2 Å². The Morgan fingerprint density at radius 3 is 2.85 bits per heavy atom. The molecule has 1 aromatic carbocycles. The summed E-state index contributed by atoms with van der Waals surface area (Å²) in [5.74, 6) is 1.38. The number of nitrogens with one attached hydrogen (secondary N) is 1. The third-order valence-corrected chi connectivity index (χ3v) is 4.35. The Morgan fingerprint density at radius 1 is 1.35 bits per heavy atom. The number of furan rings is 1. The maximum atomic E-state index is 13.7. The van der Waals surface area contributed by atoms with E-state index in [1.54, 1.807) is 6.07 Å². The zero-order valence-electron chi connectivity index (χ0n) is 12.0. The van der Waals surface area contributed by atoms with Crippen LogP contribution in [0.2, 0.25) is 0 Å². The summed E-state index contributed by atoms with van der Waals surface area (Å²) in [4.78, 5) is 0. The molecule has 2 nitrogen and oxygen atoms in total. The molecule has 1 unspecified atom stereocenters. The van der Waals surface area contributed by atoms with Crippen molar-refractivity contribution in [1.29, 1.82) is 0 Å². The SMILES string of the molecule is CCNC(CC1CCCC1)c1cc2cccc(F)c2o1. The second-order valence-electron chi connectivity index (χ2n) is 5.80. The largest absolute Gasteiger partial charge is 0.456 e. The van der Waals surface area contributed by atoms with Crippen LogP contribution in [0.1, 0.15) is 50.8 Å². The molecule has 0 amide bonds. The van der Waals surface area contributed by atoms with Crippen LogP contribution in [0.25, 0.3) is 11.0 Å². The van der Waals surface area contributed by atoms with Gasteiger partial charge in [0.15, 0.2) is 11.4 Å². The summed E-state index contributed by atoms with van der Waals surface area (Å²) in [5.41, 5.74) is 0.386. The summed E-state index contributed by atoms with van der Waals surface area (Å²) in [6.07, 6.45) is 6.42. The van der Waals surface area contributed by atoms with Crippen LogP contribution in [0, 0.1) is 11.7 Å². The fourth-order valence-electron chi connectivity index (χ4n) is 3.35. The van der Waals surface area contributed by atoms with Crippen molar-refractivity contribution >= 4 is 11.0 Å². The number of para-hydroxylation sites is 1. The zero-order valence-corrected chi connectivity index (χ0v) is 12.0. The van der Waals surface area contributed by atoms with Gasteiger partial charge in [-0.3, -0.25) is 0 Å². The summed E-state index contributed by atoms with van der Waals surface area (Å²) in [7, 11) is 0. The average molecular weight is 275 g/mol. The maximum Gasteiger partial charge on any atom is 0.169 e. The Labute approximate surface area is 119 Å². The Hall–Kier alpha value is -1.35. The van der Waals surface area contributed by atoms with Gasteiger partial charge in [-0.15, -0.1) is 0 Å². The van der Waals surface area contributed by atoms with Crippen molar-refractivity contribution < 1.29 is 8.81 Å². The lowest BCUT2D eigenvalue weighted by molar-refractivity contribution is 0.352. The number of fused-ring (bicyclic) bond motifs is 1. The molecular formula is C17H22FNO. The van der Waals surface area contributed by atoms with E-state index in [9.17, 15) is 4.39 Å². The van der Waals surface area contributed by atoms with E-state index in [1.165, 1.54) is 31.7 Å². The highest BCUT2D eigenvalue weighted by Crippen LogP contribution is 2.35. The van der Waals surface area contributed by atoms with Crippen LogP contribution in [-0.4, -0.2) is 6.54 Å². The van der Waals surface area contributed by atoms with E-state index in [1.807, 2.05) is 12.1 Å². The Morgan fingerprint density at radius 2 is 2.15 bits per heavy atom. The van der Waals surface area contributed by atoms with Crippen LogP contribution in [0.5, 0.6) is 0 Å². The summed E-state index contributed by atoms with van der Waals surface area (Å²) < 4.78 is 19.5. The first kappa shape index (κ1) is 13.6. The van der Waals surface area contributed by atoms with Crippen molar-refractivity contribution in [2.75, 3.05) is 6.54 Å². The van der Waals surface area contributed by atoms with Gasteiger partial charge in [-0.1, -0.05) is 44.7 Å². The Bertz CT molecular complexity index is 571. The Kier molecular flexibility index (Phi) is 4.06. The number of halogens is 1. The van der Waals surface area contributed by atoms with Gasteiger partial charge in [0.2, 0.25) is 0 Å². The number of hydrogen-bond donors (Lipinski definition) is 1. The van der Waals surface area contributed by atoms with Gasteiger partial charge in [-0.25, -0.2) is 4.39 Å². The fourth-order valence-corrected chi connectivity index (χ4v) is 3.35. The first-order valence-electron chi connectivity index (χ1n) is 7.69. The third kappa shape index (κ3) is 2.73. The van der Waals surface area contributed by atoms with Gasteiger partial charge in [0.05, 0.1) is 6.04 Å². The van der Waals surface area contributed by atoms with Crippen molar-refractivity contribution in [2.24, 2.45) is 5.92 Å². The Balaban J connectivity index is 1.86. The zero-order chi connectivity index (χ0) is 13.9. The maximum absolute atomic E-state index is 13.7. The average Bonchev–Trinajstić information content (AvgIpc) is 3.07. The first-order chi connectivity index (χ1) is 9.78. The number of benzene rings is 1. The molecule has 0 spiro atoms. The summed E-state index contributed by atoms with van der Waals surface area (Å²) >= 11 is 0. The second kappa shape index (κ2) is 5.96. The molecule has 1 fully saturated rings. The van der Waals surface area contributed by atoms with Crippen molar-refractivity contribution in [1.82, 2.24) is 5.32 Å². The van der Waals surface area contributed by atoms with Gasteiger partial charge in [-0.2, -0.15) is 0 Å². The molecule has 1 aliphatic carbocycles. The van der Waals surface area contributed by atoms with E-state index in [4.69, 9.17) is 4.42 Å². The highest BCUT2D eigenvalue weighted by Gasteiger charge is 2.23. The topological polar surface area (TPSA) is 25.2 Å². The molecule has 3 rings (SSSR count). The molecule has 1 aliphatic rings. The molecule has 3 heteroatoms. The lowest BCUT2D eigenvalue weighted by Crippen LogP contribution is -2.22. The fraction of sp³-hybridized carbons (Fsp3) is 0.529. The number of hydrogen-bond acceptors (Lipinski definition) is 2. The van der Waals surface area contributed by atoms with Gasteiger partial charge >= 0.3 is 0 Å². The lowest BCUT2D eigenvalue weighted by atomic mass is 9.97. The van der Waals surface area contributed by atoms with Crippen LogP contribution in [-0.2, 0) is 0 Å². The van der Waals surface area contributed by atoms with E-state index < -0.39 is 0 Å². The highest BCUT2D eigenvalue weighted by molar-refractivity contribution is 5.78. The molecule has 1 N–H and O–H groups in total. The van der Waals surface area contributed by atoms with Gasteiger partial charge in [0.25, 0.3) is 0 Å². The van der Waals surface area contributed by atoms with E-state index in [0.29, 0.717) is 5.58 Å². The standard InChI is InChI=1S/C17H22FNO/c1-2-19-15(10-12-6-3-4-7-12)16-11-13-8-5-9-14(18)17(13)20-16/h5,8-9,11-12,15,19H,2-4,6-7,10H2,1H3. The molecule has 108 valence electrons. The van der Waals surface area contributed by atoms with Crippen molar-refractivity contribution in [3.05, 3.63) is 35.8 Å². The van der Waals surface area contributed by atoms with E-state index in [-0.39, 0.29) is 11.9 Å². The summed E-state index contributed by atoms with van der Waals surface area (Å²) in [6, 6.07) is 7.28. The molecule has 2 aromatic rings. The molecule has 1 heterocycles. The van der Waals surface area contributed by atoms with E-state index >= 15 is 0 Å². The minimum atomic E-state index is -0.273. The number of rotatable bonds is 5. The summed E-state index contributed by atoms with van der Waals surface area (Å²) in [5, 5.41) is 4.35. The monoisotopic (exact) mass is 275 g/mol. The molecule has 1 atom stereocenters. The lowest BCUT2D eigenvalue weighted by Gasteiger charge is -2.19. The summed E-state index contributed by atoms with van der Waals surface area (Å²) in [6.45, 7) is 3.00. The predicted molar refractivity (Wildman–Crippen MR) is 79.2 cm³/mol. The molecule has 1 aromatic heterocycles. The van der Waals surface area contributed by atoms with E-state index in [0.717, 1.165) is 30.0 Å². The smallest absolute Gasteiger partial charge is 0.169 e. The third-order valence-electron chi connectivity index (χ3n) is 4.35. The van der Waals surface area contributed by atoms with Gasteiger partial charge in [0.1, 0.15) is 5.76 Å². The molecule has 1 saturated carbocycles. The molecule has 0 bridgehead atoms. The molecule has 0 saturated heterocycles. The van der Waals surface area contributed by atoms with Gasteiger partial charge in [-0.05, 0) is 31.0 Å². The van der Waals surface area contributed by atoms with Crippen molar-refractivity contribution in [3.63, 3.8) is 0 Å². The van der Waals surface area contributed by atoms with Gasteiger partial charge in [0, 0.05) is 5.39 Å². The van der Waals surface area contributed by atoms with Gasteiger partial charge < -0.3 is 9.73 Å². The van der Waals surface area contributed by atoms with Crippen LogP contribution < -0.4 is 5.32 Å². The molecule has 0 aliphatic heterocycles. The minimum absolute atomic E-state index is 0.204. The quantitative estimate of drug-likeness (QED) is 0.847. The van der Waals surface area contributed by atoms with Crippen molar-refractivity contribution in [3.8, 4) is 0 Å². The molecular weight excluding hydrogens is 253 g/mol. The normalized spacial score (nSPS) is 17.9. The van der Waals surface area contributed by atoms with Crippen molar-refractivity contribution in [2.45, 2.75) is 45.1 Å². The molecule has 0 radical (unpaired) electrons. The minimum Gasteiger partial charge on any atom is -0.456 e. The molecule has 20 heavy (non-hydrogen) atoms. The highest BCUT2D eigenvalue weighted by atomic mass is 19.1. The van der Waals surface area contributed by atoms with Crippen LogP contribution >= 0.6 is 0 Å².